The molecule has 1 aliphatic carbocycles. The summed E-state index contributed by atoms with van der Waals surface area (Å²) in [5.74, 6) is 0.547. The molecule has 2 rings (SSSR count). The second-order valence-corrected chi connectivity index (χ2v) is 6.77. The average Bonchev–Trinajstić information content (AvgIpc) is 2.84. The van der Waals surface area contributed by atoms with Gasteiger partial charge in [0.1, 0.15) is 0 Å². The van der Waals surface area contributed by atoms with Gasteiger partial charge in [0.05, 0.1) is 11.0 Å². The van der Waals surface area contributed by atoms with Crippen LogP contribution in [0.5, 0.6) is 0 Å². The minimum Gasteiger partial charge on any atom is -0.388 e. The second kappa shape index (κ2) is 6.10. The Kier molecular flexibility index (Phi) is 4.65. The Morgan fingerprint density at radius 3 is 2.70 bits per heavy atom. The van der Waals surface area contributed by atoms with E-state index in [9.17, 15) is 15.2 Å². The van der Waals surface area contributed by atoms with Gasteiger partial charge in [0.2, 0.25) is 0 Å². The van der Waals surface area contributed by atoms with Crippen molar-refractivity contribution >= 4 is 22.0 Å². The molecule has 3 unspecified atom stereocenters. The first-order chi connectivity index (χ1) is 9.41. The standard InChI is InChI=1S/C14H22N2O3S/c1-9-6-4-5-7-11(9)15(3)14-12(16(18)19)8-13(20-14)10(2)17/h8-11,17H,4-7H2,1-3H3. The Balaban J connectivity index is 2.32. The molecule has 6 heteroatoms. The molecule has 0 aliphatic heterocycles. The van der Waals surface area contributed by atoms with Crippen LogP contribution < -0.4 is 4.90 Å². The third-order valence-corrected chi connectivity index (χ3v) is 5.59. The maximum atomic E-state index is 11.2. The van der Waals surface area contributed by atoms with E-state index < -0.39 is 6.10 Å². The molecule has 20 heavy (non-hydrogen) atoms. The second-order valence-electron chi connectivity index (χ2n) is 5.71. The molecule has 112 valence electrons. The molecule has 0 aromatic carbocycles. The van der Waals surface area contributed by atoms with Crippen LogP contribution in [0.3, 0.4) is 0 Å². The molecular weight excluding hydrogens is 276 g/mol. The monoisotopic (exact) mass is 298 g/mol. The number of rotatable bonds is 4. The highest BCUT2D eigenvalue weighted by Crippen LogP contribution is 2.42. The minimum atomic E-state index is -0.662. The van der Waals surface area contributed by atoms with E-state index in [4.69, 9.17) is 0 Å². The van der Waals surface area contributed by atoms with Crippen LogP contribution in [0.2, 0.25) is 0 Å². The topological polar surface area (TPSA) is 66.6 Å². The van der Waals surface area contributed by atoms with Crippen LogP contribution in [0.25, 0.3) is 0 Å². The summed E-state index contributed by atoms with van der Waals surface area (Å²) < 4.78 is 0. The lowest BCUT2D eigenvalue weighted by Gasteiger charge is -2.36. The van der Waals surface area contributed by atoms with Crippen molar-refractivity contribution in [3.63, 3.8) is 0 Å². The molecule has 0 amide bonds. The number of thiophene rings is 1. The van der Waals surface area contributed by atoms with Crippen molar-refractivity contribution in [1.29, 1.82) is 0 Å². The maximum absolute atomic E-state index is 11.2. The summed E-state index contributed by atoms with van der Waals surface area (Å²) >= 11 is 1.33. The van der Waals surface area contributed by atoms with E-state index in [1.807, 2.05) is 7.05 Å². The third-order valence-electron chi connectivity index (χ3n) is 4.21. The zero-order chi connectivity index (χ0) is 14.9. The van der Waals surface area contributed by atoms with Gasteiger partial charge < -0.3 is 10.0 Å². The molecule has 0 bridgehead atoms. The first-order valence-corrected chi connectivity index (χ1v) is 7.92. The van der Waals surface area contributed by atoms with Gasteiger partial charge in [0.25, 0.3) is 0 Å². The first kappa shape index (κ1) is 15.3. The number of aliphatic hydroxyl groups excluding tert-OH is 1. The minimum absolute atomic E-state index is 0.117. The van der Waals surface area contributed by atoms with Crippen molar-refractivity contribution in [3.8, 4) is 0 Å². The quantitative estimate of drug-likeness (QED) is 0.679. The molecule has 1 fully saturated rings. The number of anilines is 1. The van der Waals surface area contributed by atoms with Crippen LogP contribution in [0.1, 0.15) is 50.5 Å². The molecule has 0 radical (unpaired) electrons. The van der Waals surface area contributed by atoms with E-state index in [2.05, 4.69) is 11.8 Å². The zero-order valence-electron chi connectivity index (χ0n) is 12.2. The number of aliphatic hydroxyl groups is 1. The van der Waals surface area contributed by atoms with Gasteiger partial charge in [-0.15, -0.1) is 11.3 Å². The van der Waals surface area contributed by atoms with Crippen LogP contribution >= 0.6 is 11.3 Å². The lowest BCUT2D eigenvalue weighted by Crippen LogP contribution is -2.38. The molecular formula is C14H22N2O3S. The number of nitro groups is 1. The Hall–Kier alpha value is -1.14. The summed E-state index contributed by atoms with van der Waals surface area (Å²) in [6.45, 7) is 3.86. The predicted octanol–water partition coefficient (Wildman–Crippen LogP) is 3.72. The van der Waals surface area contributed by atoms with E-state index in [1.54, 1.807) is 6.92 Å². The molecule has 1 aromatic heterocycles. The van der Waals surface area contributed by atoms with Crippen molar-refractivity contribution in [3.05, 3.63) is 21.1 Å². The average molecular weight is 298 g/mol. The summed E-state index contributed by atoms with van der Waals surface area (Å²) in [5, 5.41) is 21.6. The molecule has 5 nitrogen and oxygen atoms in total. The number of hydrogen-bond donors (Lipinski definition) is 1. The Labute approximate surface area is 123 Å². The van der Waals surface area contributed by atoms with Crippen molar-refractivity contribution < 1.29 is 10.0 Å². The van der Waals surface area contributed by atoms with E-state index in [0.717, 1.165) is 6.42 Å². The Morgan fingerprint density at radius 1 is 1.50 bits per heavy atom. The van der Waals surface area contributed by atoms with Crippen molar-refractivity contribution in [2.75, 3.05) is 11.9 Å². The molecule has 1 aliphatic rings. The van der Waals surface area contributed by atoms with Gasteiger partial charge in [-0.05, 0) is 25.7 Å². The molecule has 0 saturated heterocycles. The SMILES string of the molecule is CC(O)c1cc([N+](=O)[O-])c(N(C)C2CCCCC2C)s1. The van der Waals surface area contributed by atoms with Gasteiger partial charge in [0.15, 0.2) is 5.00 Å². The third kappa shape index (κ3) is 2.96. The maximum Gasteiger partial charge on any atom is 0.304 e. The summed E-state index contributed by atoms with van der Waals surface area (Å²) in [7, 11) is 1.94. The number of hydrogen-bond acceptors (Lipinski definition) is 5. The van der Waals surface area contributed by atoms with Gasteiger partial charge in [-0.25, -0.2) is 0 Å². The van der Waals surface area contributed by atoms with Crippen LogP contribution in [0.15, 0.2) is 6.07 Å². The molecule has 1 aromatic rings. The van der Waals surface area contributed by atoms with Crippen LogP contribution in [-0.2, 0) is 0 Å². The van der Waals surface area contributed by atoms with E-state index in [0.29, 0.717) is 21.8 Å². The van der Waals surface area contributed by atoms with Gasteiger partial charge in [-0.3, -0.25) is 10.1 Å². The van der Waals surface area contributed by atoms with Crippen LogP contribution in [0.4, 0.5) is 10.7 Å². The fourth-order valence-electron chi connectivity index (χ4n) is 3.00. The van der Waals surface area contributed by atoms with Gasteiger partial charge in [-0.2, -0.15) is 0 Å². The molecule has 1 saturated carbocycles. The fourth-order valence-corrected chi connectivity index (χ4v) is 4.08. The van der Waals surface area contributed by atoms with Gasteiger partial charge in [0, 0.05) is 24.0 Å². The summed E-state index contributed by atoms with van der Waals surface area (Å²) in [6.07, 6.45) is 4.03. The molecule has 0 spiro atoms. The summed E-state index contributed by atoms with van der Waals surface area (Å²) in [5.41, 5.74) is 0.117. The van der Waals surface area contributed by atoms with Crippen molar-refractivity contribution in [2.45, 2.75) is 51.7 Å². The van der Waals surface area contributed by atoms with Crippen molar-refractivity contribution in [1.82, 2.24) is 0 Å². The molecule has 3 atom stereocenters. The number of nitrogens with zero attached hydrogens (tertiary/aromatic N) is 2. The smallest absolute Gasteiger partial charge is 0.304 e. The highest BCUT2D eigenvalue weighted by atomic mass is 32.1. The molecule has 1 heterocycles. The highest BCUT2D eigenvalue weighted by molar-refractivity contribution is 7.16. The van der Waals surface area contributed by atoms with E-state index in [1.165, 1.54) is 36.7 Å². The van der Waals surface area contributed by atoms with Crippen LogP contribution in [-0.4, -0.2) is 23.1 Å². The largest absolute Gasteiger partial charge is 0.388 e. The predicted molar refractivity (Wildman–Crippen MR) is 81.4 cm³/mol. The fraction of sp³-hybridized carbons (Fsp3) is 0.714. The van der Waals surface area contributed by atoms with Gasteiger partial charge in [-0.1, -0.05) is 19.8 Å². The van der Waals surface area contributed by atoms with E-state index in [-0.39, 0.29) is 10.6 Å². The lowest BCUT2D eigenvalue weighted by atomic mass is 9.85. The highest BCUT2D eigenvalue weighted by Gasteiger charge is 2.31. The molecule has 1 N–H and O–H groups in total. The Morgan fingerprint density at radius 2 is 2.15 bits per heavy atom. The Bertz CT molecular complexity index is 487. The zero-order valence-corrected chi connectivity index (χ0v) is 13.0. The van der Waals surface area contributed by atoms with E-state index >= 15 is 0 Å². The lowest BCUT2D eigenvalue weighted by molar-refractivity contribution is -0.383. The van der Waals surface area contributed by atoms with Crippen molar-refractivity contribution in [2.24, 2.45) is 5.92 Å². The summed E-state index contributed by atoms with van der Waals surface area (Å²) in [4.78, 5) is 13.6. The first-order valence-electron chi connectivity index (χ1n) is 7.10. The van der Waals surface area contributed by atoms with Crippen LogP contribution in [0, 0.1) is 16.0 Å². The normalized spacial score (nSPS) is 24.4. The summed E-state index contributed by atoms with van der Waals surface area (Å²) in [6, 6.07) is 1.86. The van der Waals surface area contributed by atoms with Gasteiger partial charge >= 0.3 is 5.69 Å².